The molecule has 1 nitrogen and oxygen atoms in total. The van der Waals surface area contributed by atoms with E-state index in [1.54, 1.807) is 11.1 Å². The number of aliphatic hydroxyl groups excluding tert-OH is 1. The van der Waals surface area contributed by atoms with Gasteiger partial charge in [-0.3, -0.25) is 0 Å². The van der Waals surface area contributed by atoms with Crippen molar-refractivity contribution in [3.63, 3.8) is 0 Å². The lowest BCUT2D eigenvalue weighted by molar-refractivity contribution is 0.281. The number of hydrogen-bond acceptors (Lipinski definition) is 1. The van der Waals surface area contributed by atoms with Crippen LogP contribution in [0.2, 0.25) is 0 Å². The summed E-state index contributed by atoms with van der Waals surface area (Å²) in [5, 5.41) is 8.81. The smallest absolute Gasteiger partial charge is 0.0431 e. The lowest BCUT2D eigenvalue weighted by Gasteiger charge is -2.35. The molecular formula is C24H46O. The summed E-state index contributed by atoms with van der Waals surface area (Å²) in [7, 11) is 0. The molecule has 0 bridgehead atoms. The van der Waals surface area contributed by atoms with Crippen molar-refractivity contribution < 1.29 is 5.11 Å². The second-order valence-corrected chi connectivity index (χ2v) is 9.60. The van der Waals surface area contributed by atoms with Crippen LogP contribution < -0.4 is 0 Å². The Morgan fingerprint density at radius 1 is 0.880 bits per heavy atom. The van der Waals surface area contributed by atoms with E-state index in [-0.39, 0.29) is 0 Å². The molecule has 0 fully saturated rings. The molecule has 25 heavy (non-hydrogen) atoms. The van der Waals surface area contributed by atoms with Crippen molar-refractivity contribution in [3.8, 4) is 0 Å². The average Bonchev–Trinajstić information content (AvgIpc) is 2.53. The number of aliphatic hydroxyl groups is 1. The van der Waals surface area contributed by atoms with Crippen LogP contribution in [-0.2, 0) is 0 Å². The molecule has 1 aliphatic carbocycles. The maximum Gasteiger partial charge on any atom is 0.0431 e. The van der Waals surface area contributed by atoms with Crippen molar-refractivity contribution in [2.45, 2.75) is 118 Å². The summed E-state index contributed by atoms with van der Waals surface area (Å²) in [5.41, 5.74) is 3.92. The molecule has 2 atom stereocenters. The van der Waals surface area contributed by atoms with Crippen LogP contribution in [0.3, 0.4) is 0 Å². The molecule has 0 aliphatic heterocycles. The van der Waals surface area contributed by atoms with E-state index < -0.39 is 0 Å². The first-order valence-electron chi connectivity index (χ1n) is 11.2. The third-order valence-corrected chi connectivity index (χ3v) is 6.57. The highest BCUT2D eigenvalue weighted by Crippen LogP contribution is 2.42. The molecule has 0 amide bonds. The van der Waals surface area contributed by atoms with E-state index in [9.17, 15) is 0 Å². The van der Waals surface area contributed by atoms with Gasteiger partial charge in [-0.1, -0.05) is 83.8 Å². The number of unbranched alkanes of at least 4 members (excludes halogenated alkanes) is 3. The molecule has 0 aromatic carbocycles. The summed E-state index contributed by atoms with van der Waals surface area (Å²) in [6.07, 6.45) is 17.2. The Morgan fingerprint density at radius 3 is 2.12 bits per heavy atom. The van der Waals surface area contributed by atoms with Crippen molar-refractivity contribution in [2.24, 2.45) is 17.3 Å². The Hall–Kier alpha value is -0.300. The van der Waals surface area contributed by atoms with Crippen LogP contribution in [0.1, 0.15) is 118 Å². The Bertz CT molecular complexity index is 380. The van der Waals surface area contributed by atoms with Gasteiger partial charge in [0.05, 0.1) is 0 Å². The van der Waals surface area contributed by atoms with Gasteiger partial charge in [-0.25, -0.2) is 0 Å². The highest BCUT2D eigenvalue weighted by molar-refractivity contribution is 5.22. The van der Waals surface area contributed by atoms with Gasteiger partial charge in [0, 0.05) is 6.61 Å². The highest BCUT2D eigenvalue weighted by atomic mass is 16.2. The molecule has 0 aromatic rings. The SMILES string of the molecule is CC1=C(CCC(C)CCCC(C)CCCCCCO)C(C)(C)CCC1. The van der Waals surface area contributed by atoms with Crippen molar-refractivity contribution in [3.05, 3.63) is 11.1 Å². The minimum absolute atomic E-state index is 0.362. The number of hydrogen-bond donors (Lipinski definition) is 1. The molecule has 2 unspecified atom stereocenters. The van der Waals surface area contributed by atoms with Crippen LogP contribution in [0, 0.1) is 17.3 Å². The summed E-state index contributed by atoms with van der Waals surface area (Å²) >= 11 is 0. The van der Waals surface area contributed by atoms with E-state index in [1.165, 1.54) is 77.0 Å². The predicted octanol–water partition coefficient (Wildman–Crippen LogP) is 7.68. The minimum Gasteiger partial charge on any atom is -0.396 e. The minimum atomic E-state index is 0.362. The van der Waals surface area contributed by atoms with E-state index in [2.05, 4.69) is 34.6 Å². The molecule has 0 saturated carbocycles. The van der Waals surface area contributed by atoms with Crippen LogP contribution in [0.5, 0.6) is 0 Å². The zero-order valence-corrected chi connectivity index (χ0v) is 18.0. The van der Waals surface area contributed by atoms with Gasteiger partial charge < -0.3 is 5.11 Å². The van der Waals surface area contributed by atoms with E-state index in [0.29, 0.717) is 12.0 Å². The summed E-state index contributed by atoms with van der Waals surface area (Å²) in [6.45, 7) is 12.5. The standard InChI is InChI=1S/C24H46O/c1-20(12-8-6-7-9-19-25)13-10-14-21(2)16-17-23-22(3)15-11-18-24(23,4)5/h20-21,25H,6-19H2,1-5H3. The van der Waals surface area contributed by atoms with E-state index in [1.807, 2.05) is 0 Å². The molecule has 0 radical (unpaired) electrons. The van der Waals surface area contributed by atoms with E-state index in [0.717, 1.165) is 18.3 Å². The van der Waals surface area contributed by atoms with E-state index >= 15 is 0 Å². The normalized spacial score (nSPS) is 19.9. The van der Waals surface area contributed by atoms with Crippen LogP contribution in [0.15, 0.2) is 11.1 Å². The third kappa shape index (κ3) is 9.27. The van der Waals surface area contributed by atoms with Crippen LogP contribution >= 0.6 is 0 Å². The maximum atomic E-state index is 8.81. The number of rotatable bonds is 13. The summed E-state index contributed by atoms with van der Waals surface area (Å²) < 4.78 is 0. The zero-order valence-electron chi connectivity index (χ0n) is 18.0. The van der Waals surface area contributed by atoms with Crippen LogP contribution in [0.25, 0.3) is 0 Å². The topological polar surface area (TPSA) is 20.2 Å². The highest BCUT2D eigenvalue weighted by Gasteiger charge is 2.28. The number of allylic oxidation sites excluding steroid dienone is 2. The second-order valence-electron chi connectivity index (χ2n) is 9.60. The quantitative estimate of drug-likeness (QED) is 0.267. The largest absolute Gasteiger partial charge is 0.396 e. The van der Waals surface area contributed by atoms with Gasteiger partial charge >= 0.3 is 0 Å². The first kappa shape index (κ1) is 22.7. The molecule has 148 valence electrons. The van der Waals surface area contributed by atoms with Gasteiger partial charge in [-0.2, -0.15) is 0 Å². The van der Waals surface area contributed by atoms with Crippen molar-refractivity contribution in [1.29, 1.82) is 0 Å². The van der Waals surface area contributed by atoms with Gasteiger partial charge in [-0.15, -0.1) is 0 Å². The van der Waals surface area contributed by atoms with Crippen LogP contribution in [-0.4, -0.2) is 11.7 Å². The Kier molecular flexibility index (Phi) is 11.1. The van der Waals surface area contributed by atoms with Gasteiger partial charge in [0.1, 0.15) is 0 Å². The molecule has 0 heterocycles. The maximum absolute atomic E-state index is 8.81. The summed E-state index contributed by atoms with van der Waals surface area (Å²) in [6, 6.07) is 0. The lowest BCUT2D eigenvalue weighted by atomic mass is 9.70. The molecule has 1 heteroatoms. The average molecular weight is 351 g/mol. The Balaban J connectivity index is 2.15. The Morgan fingerprint density at radius 2 is 1.48 bits per heavy atom. The van der Waals surface area contributed by atoms with Crippen LogP contribution in [0.4, 0.5) is 0 Å². The van der Waals surface area contributed by atoms with Gasteiger partial charge in [0.2, 0.25) is 0 Å². The fourth-order valence-corrected chi connectivity index (χ4v) is 4.68. The summed E-state index contributed by atoms with van der Waals surface area (Å²) in [5.74, 6) is 1.75. The fraction of sp³-hybridized carbons (Fsp3) is 0.917. The van der Waals surface area contributed by atoms with Crippen molar-refractivity contribution >= 4 is 0 Å². The molecular weight excluding hydrogens is 304 g/mol. The first-order chi connectivity index (χ1) is 11.9. The first-order valence-corrected chi connectivity index (χ1v) is 11.2. The second kappa shape index (κ2) is 12.2. The van der Waals surface area contributed by atoms with Gasteiger partial charge in [0.15, 0.2) is 0 Å². The molecule has 1 aliphatic rings. The third-order valence-electron chi connectivity index (χ3n) is 6.57. The molecule has 0 saturated heterocycles. The predicted molar refractivity (Wildman–Crippen MR) is 112 cm³/mol. The molecule has 0 aromatic heterocycles. The van der Waals surface area contributed by atoms with Crippen molar-refractivity contribution in [1.82, 2.24) is 0 Å². The molecule has 1 rings (SSSR count). The van der Waals surface area contributed by atoms with Gasteiger partial charge in [-0.05, 0) is 62.7 Å². The molecule has 1 N–H and O–H groups in total. The monoisotopic (exact) mass is 350 g/mol. The Labute approximate surface area is 158 Å². The van der Waals surface area contributed by atoms with E-state index in [4.69, 9.17) is 5.11 Å². The summed E-state index contributed by atoms with van der Waals surface area (Å²) in [4.78, 5) is 0. The molecule has 0 spiro atoms. The zero-order chi connectivity index (χ0) is 18.7. The van der Waals surface area contributed by atoms with Gasteiger partial charge in [0.25, 0.3) is 0 Å². The lowest BCUT2D eigenvalue weighted by Crippen LogP contribution is -2.20. The van der Waals surface area contributed by atoms with Crippen molar-refractivity contribution in [2.75, 3.05) is 6.61 Å². The fourth-order valence-electron chi connectivity index (χ4n) is 4.68.